The van der Waals surface area contributed by atoms with Gasteiger partial charge in [-0.3, -0.25) is 14.9 Å². The lowest BCUT2D eigenvalue weighted by molar-refractivity contribution is -0.384. The van der Waals surface area contributed by atoms with E-state index in [-0.39, 0.29) is 10.7 Å². The Bertz CT molecular complexity index is 436. The van der Waals surface area contributed by atoms with Gasteiger partial charge in [-0.05, 0) is 13.0 Å². The van der Waals surface area contributed by atoms with Gasteiger partial charge in [-0.25, -0.2) is 0 Å². The average Bonchev–Trinajstić information content (AvgIpc) is 2.20. The summed E-state index contributed by atoms with van der Waals surface area (Å²) in [4.78, 5) is 20.4. The van der Waals surface area contributed by atoms with Crippen LogP contribution in [0, 0.1) is 10.1 Å². The van der Waals surface area contributed by atoms with E-state index in [9.17, 15) is 14.9 Å². The number of hydrogen-bond donors (Lipinski definition) is 2. The van der Waals surface area contributed by atoms with Crippen LogP contribution in [0.1, 0.15) is 6.92 Å². The molecule has 0 saturated heterocycles. The number of carboxylic acids is 1. The van der Waals surface area contributed by atoms with Crippen molar-refractivity contribution < 1.29 is 14.8 Å². The van der Waals surface area contributed by atoms with Crippen LogP contribution in [0.15, 0.2) is 18.2 Å². The van der Waals surface area contributed by atoms with Crippen molar-refractivity contribution in [3.05, 3.63) is 33.3 Å². The highest BCUT2D eigenvalue weighted by molar-refractivity contribution is 6.33. The fraction of sp³-hybridized carbons (Fsp3) is 0.222. The van der Waals surface area contributed by atoms with Gasteiger partial charge in [0.05, 0.1) is 15.6 Å². The Morgan fingerprint density at radius 3 is 2.69 bits per heavy atom. The summed E-state index contributed by atoms with van der Waals surface area (Å²) in [6.07, 6.45) is 0. The number of rotatable bonds is 4. The first-order valence-corrected chi connectivity index (χ1v) is 4.73. The molecule has 0 aliphatic carbocycles. The SMILES string of the molecule is CC(Nc1ccc([N+](=O)[O-])cc1Cl)C(=O)O. The molecule has 0 fully saturated rings. The number of nitro benzene ring substituents is 1. The highest BCUT2D eigenvalue weighted by Gasteiger charge is 2.14. The van der Waals surface area contributed by atoms with E-state index < -0.39 is 16.9 Å². The largest absolute Gasteiger partial charge is 0.480 e. The lowest BCUT2D eigenvalue weighted by atomic mass is 10.2. The molecule has 7 heteroatoms. The first-order valence-electron chi connectivity index (χ1n) is 4.35. The van der Waals surface area contributed by atoms with Gasteiger partial charge in [0, 0.05) is 12.1 Å². The molecular formula is C9H9ClN2O4. The fourth-order valence-electron chi connectivity index (χ4n) is 1.03. The Balaban J connectivity index is 2.91. The molecule has 1 unspecified atom stereocenters. The van der Waals surface area contributed by atoms with E-state index in [1.54, 1.807) is 0 Å². The quantitative estimate of drug-likeness (QED) is 0.625. The van der Waals surface area contributed by atoms with Crippen LogP contribution >= 0.6 is 11.6 Å². The smallest absolute Gasteiger partial charge is 0.325 e. The number of non-ortho nitro benzene ring substituents is 1. The number of nitrogens with one attached hydrogen (secondary N) is 1. The summed E-state index contributed by atoms with van der Waals surface area (Å²) >= 11 is 5.76. The normalized spacial score (nSPS) is 11.9. The number of carbonyl (C=O) groups is 1. The molecule has 0 radical (unpaired) electrons. The lowest BCUT2D eigenvalue weighted by Gasteiger charge is -2.11. The standard InChI is InChI=1S/C9H9ClN2O4/c1-5(9(13)14)11-8-3-2-6(12(15)16)4-7(8)10/h2-5,11H,1H3,(H,13,14). The number of halogens is 1. The van der Waals surface area contributed by atoms with Crippen molar-refractivity contribution in [2.75, 3.05) is 5.32 Å². The Labute approximate surface area is 96.0 Å². The number of aliphatic carboxylic acids is 1. The molecule has 0 amide bonds. The second-order valence-corrected chi connectivity index (χ2v) is 3.53. The lowest BCUT2D eigenvalue weighted by Crippen LogP contribution is -2.25. The van der Waals surface area contributed by atoms with Gasteiger partial charge < -0.3 is 10.4 Å². The van der Waals surface area contributed by atoms with E-state index in [4.69, 9.17) is 16.7 Å². The van der Waals surface area contributed by atoms with Gasteiger partial charge in [0.15, 0.2) is 0 Å². The van der Waals surface area contributed by atoms with E-state index >= 15 is 0 Å². The van der Waals surface area contributed by atoms with Crippen molar-refractivity contribution in [3.8, 4) is 0 Å². The molecule has 2 N–H and O–H groups in total. The van der Waals surface area contributed by atoms with Gasteiger partial charge in [-0.1, -0.05) is 11.6 Å². The molecule has 86 valence electrons. The number of benzene rings is 1. The maximum absolute atomic E-state index is 10.6. The van der Waals surface area contributed by atoms with Crippen LogP contribution in [0.4, 0.5) is 11.4 Å². The number of nitrogens with zero attached hydrogens (tertiary/aromatic N) is 1. The zero-order valence-corrected chi connectivity index (χ0v) is 9.06. The van der Waals surface area contributed by atoms with Crippen molar-refractivity contribution in [2.24, 2.45) is 0 Å². The molecule has 0 aliphatic rings. The first kappa shape index (κ1) is 12.3. The van der Waals surface area contributed by atoms with Crippen LogP contribution in [0.5, 0.6) is 0 Å². The Hall–Kier alpha value is -1.82. The molecular weight excluding hydrogens is 236 g/mol. The Morgan fingerprint density at radius 2 is 2.25 bits per heavy atom. The highest BCUT2D eigenvalue weighted by atomic mass is 35.5. The van der Waals surface area contributed by atoms with Crippen LogP contribution in [0.3, 0.4) is 0 Å². The molecule has 6 nitrogen and oxygen atoms in total. The minimum absolute atomic E-state index is 0.113. The number of anilines is 1. The summed E-state index contributed by atoms with van der Waals surface area (Å²) in [6.45, 7) is 1.44. The van der Waals surface area contributed by atoms with E-state index in [0.29, 0.717) is 5.69 Å². The topological polar surface area (TPSA) is 92.5 Å². The summed E-state index contributed by atoms with van der Waals surface area (Å²) in [5, 5.41) is 21.8. The van der Waals surface area contributed by atoms with E-state index in [1.807, 2.05) is 0 Å². The second kappa shape index (κ2) is 4.80. The van der Waals surface area contributed by atoms with Gasteiger partial charge in [0.1, 0.15) is 6.04 Å². The predicted molar refractivity (Wildman–Crippen MR) is 58.8 cm³/mol. The first-order chi connectivity index (χ1) is 7.41. The van der Waals surface area contributed by atoms with Crippen LogP contribution in [0.2, 0.25) is 5.02 Å². The van der Waals surface area contributed by atoms with E-state index in [1.165, 1.54) is 25.1 Å². The zero-order chi connectivity index (χ0) is 12.3. The highest BCUT2D eigenvalue weighted by Crippen LogP contribution is 2.26. The van der Waals surface area contributed by atoms with Crippen molar-refractivity contribution >= 4 is 28.9 Å². The average molecular weight is 245 g/mol. The summed E-state index contributed by atoms with van der Waals surface area (Å²) in [6, 6.07) is 2.97. The van der Waals surface area contributed by atoms with Crippen molar-refractivity contribution in [3.63, 3.8) is 0 Å². The van der Waals surface area contributed by atoms with Crippen molar-refractivity contribution in [2.45, 2.75) is 13.0 Å². The molecule has 1 aromatic rings. The third kappa shape index (κ3) is 2.83. The van der Waals surface area contributed by atoms with Gasteiger partial charge in [0.25, 0.3) is 5.69 Å². The Kier molecular flexibility index (Phi) is 3.68. The molecule has 0 aromatic heterocycles. The third-order valence-electron chi connectivity index (χ3n) is 1.91. The number of hydrogen-bond acceptors (Lipinski definition) is 4. The van der Waals surface area contributed by atoms with Gasteiger partial charge in [0.2, 0.25) is 0 Å². The molecule has 0 saturated carbocycles. The number of nitro groups is 1. The predicted octanol–water partition coefficient (Wildman–Crippen LogP) is 2.13. The minimum atomic E-state index is -1.03. The maximum atomic E-state index is 10.6. The molecule has 16 heavy (non-hydrogen) atoms. The van der Waals surface area contributed by atoms with Gasteiger partial charge in [-0.15, -0.1) is 0 Å². The molecule has 0 heterocycles. The Morgan fingerprint density at radius 1 is 1.62 bits per heavy atom. The van der Waals surface area contributed by atoms with Crippen molar-refractivity contribution in [1.29, 1.82) is 0 Å². The van der Waals surface area contributed by atoms with Crippen LogP contribution < -0.4 is 5.32 Å². The van der Waals surface area contributed by atoms with E-state index in [0.717, 1.165) is 0 Å². The summed E-state index contributed by atoms with van der Waals surface area (Å²) < 4.78 is 0. The summed E-state index contributed by atoms with van der Waals surface area (Å²) in [7, 11) is 0. The van der Waals surface area contributed by atoms with Crippen molar-refractivity contribution in [1.82, 2.24) is 0 Å². The van der Waals surface area contributed by atoms with E-state index in [2.05, 4.69) is 5.32 Å². The zero-order valence-electron chi connectivity index (χ0n) is 8.31. The number of carboxylic acid groups (broad SMARTS) is 1. The molecule has 0 aliphatic heterocycles. The molecule has 0 bridgehead atoms. The molecule has 1 aromatic carbocycles. The third-order valence-corrected chi connectivity index (χ3v) is 2.22. The van der Waals surface area contributed by atoms with Crippen LogP contribution in [-0.4, -0.2) is 22.0 Å². The fourth-order valence-corrected chi connectivity index (χ4v) is 1.26. The summed E-state index contributed by atoms with van der Waals surface area (Å²) in [5.74, 6) is -1.03. The molecule has 0 spiro atoms. The molecule has 1 atom stereocenters. The van der Waals surface area contributed by atoms with Gasteiger partial charge in [-0.2, -0.15) is 0 Å². The summed E-state index contributed by atoms with van der Waals surface area (Å²) in [5.41, 5.74) is 0.209. The van der Waals surface area contributed by atoms with Crippen LogP contribution in [-0.2, 0) is 4.79 Å². The monoisotopic (exact) mass is 244 g/mol. The second-order valence-electron chi connectivity index (χ2n) is 3.13. The maximum Gasteiger partial charge on any atom is 0.325 e. The van der Waals surface area contributed by atoms with Gasteiger partial charge >= 0.3 is 5.97 Å². The minimum Gasteiger partial charge on any atom is -0.480 e. The van der Waals surface area contributed by atoms with Crippen LogP contribution in [0.25, 0.3) is 0 Å². The molecule has 1 rings (SSSR count).